The third-order valence-corrected chi connectivity index (χ3v) is 13.0. The summed E-state index contributed by atoms with van der Waals surface area (Å²) in [6.45, 7) is 11.8. The molecule has 1 spiro atoms. The van der Waals surface area contributed by atoms with Crippen molar-refractivity contribution in [1.82, 2.24) is 9.80 Å². The van der Waals surface area contributed by atoms with E-state index in [-0.39, 0.29) is 59.7 Å². The molecular formula is C35H52N2O7. The molecule has 9 nitrogen and oxygen atoms in total. The van der Waals surface area contributed by atoms with Gasteiger partial charge in [0.05, 0.1) is 24.0 Å². The van der Waals surface area contributed by atoms with Crippen molar-refractivity contribution in [3.63, 3.8) is 0 Å². The summed E-state index contributed by atoms with van der Waals surface area (Å²) in [6, 6.07) is 0. The number of rotatable bonds is 5. The van der Waals surface area contributed by atoms with E-state index in [1.54, 1.807) is 0 Å². The molecule has 2 unspecified atom stereocenters. The van der Waals surface area contributed by atoms with Gasteiger partial charge in [-0.2, -0.15) is 0 Å². The molecule has 6 rings (SSSR count). The second-order valence-electron chi connectivity index (χ2n) is 16.0. The highest BCUT2D eigenvalue weighted by Crippen LogP contribution is 2.68. The van der Waals surface area contributed by atoms with Gasteiger partial charge in [0.15, 0.2) is 0 Å². The Labute approximate surface area is 262 Å². The number of Topliss-reactive ketones (excluding diaryl/α,β-unsaturated/α-hetero) is 1. The predicted octanol–water partition coefficient (Wildman–Crippen LogP) is 2.85. The zero-order chi connectivity index (χ0) is 31.9. The first kappa shape index (κ1) is 31.9. The third-order valence-electron chi connectivity index (χ3n) is 13.0. The molecule has 2 saturated heterocycles. The van der Waals surface area contributed by atoms with Crippen LogP contribution < -0.4 is 0 Å². The summed E-state index contributed by atoms with van der Waals surface area (Å²) in [5.74, 6) is -2.05. The molecular weight excluding hydrogens is 560 g/mol. The van der Waals surface area contributed by atoms with Crippen molar-refractivity contribution in [3.05, 3.63) is 24.3 Å². The summed E-state index contributed by atoms with van der Waals surface area (Å²) in [6.07, 6.45) is 3.20. The van der Waals surface area contributed by atoms with Crippen LogP contribution in [0.2, 0.25) is 0 Å². The topological polar surface area (TPSA) is 117 Å². The molecule has 6 aliphatic rings. The van der Waals surface area contributed by atoms with Gasteiger partial charge in [0.25, 0.3) is 0 Å². The van der Waals surface area contributed by atoms with Crippen LogP contribution in [0.3, 0.4) is 0 Å². The van der Waals surface area contributed by atoms with Gasteiger partial charge in [-0.3, -0.25) is 14.4 Å². The molecule has 44 heavy (non-hydrogen) atoms. The number of ether oxygens (including phenoxy) is 2. The van der Waals surface area contributed by atoms with E-state index in [0.717, 1.165) is 24.0 Å². The Bertz CT molecular complexity index is 1250. The minimum atomic E-state index is -1.58. The Hall–Kier alpha value is -2.07. The number of ketones is 1. The number of carbonyl (C=O) groups is 3. The molecule has 0 amide bonds. The van der Waals surface area contributed by atoms with Gasteiger partial charge in [0.1, 0.15) is 18.0 Å². The lowest BCUT2D eigenvalue weighted by Crippen LogP contribution is -2.55. The highest BCUT2D eigenvalue weighted by molar-refractivity contribution is 5.89. The maximum atomic E-state index is 14.6. The highest BCUT2D eigenvalue weighted by atomic mass is 16.6. The van der Waals surface area contributed by atoms with Crippen LogP contribution in [0.25, 0.3) is 0 Å². The molecule has 2 N–H and O–H groups in total. The predicted molar refractivity (Wildman–Crippen MR) is 164 cm³/mol. The van der Waals surface area contributed by atoms with E-state index < -0.39 is 41.2 Å². The average Bonchev–Trinajstić information content (AvgIpc) is 3.41. The summed E-state index contributed by atoms with van der Waals surface area (Å²) in [5.41, 5.74) is -1.30. The number of hydrogen-bond acceptors (Lipinski definition) is 9. The SMILES string of the molecule is C=C1CC[C@H]2C(CN(C)C)C(=O)O[C@@H]2[C@@H]2[C@H]1CC(=O)[C@]21CC[C@@](O)(CO)[C@@H]2[C@H]3OC(=O)C(CN(C)C)[C@@H]3CCC(=C)[C@]2(C)C1. The maximum absolute atomic E-state index is 14.6. The number of hydrogen-bond donors (Lipinski definition) is 2. The zero-order valence-corrected chi connectivity index (χ0v) is 27.2. The van der Waals surface area contributed by atoms with Gasteiger partial charge in [-0.1, -0.05) is 31.2 Å². The van der Waals surface area contributed by atoms with Crippen LogP contribution in [0.5, 0.6) is 0 Å². The first-order valence-electron chi connectivity index (χ1n) is 16.6. The number of nitrogens with zero attached hydrogens (tertiary/aromatic N) is 2. The smallest absolute Gasteiger partial charge is 0.310 e. The highest BCUT2D eigenvalue weighted by Gasteiger charge is 2.70. The molecule has 244 valence electrons. The van der Waals surface area contributed by atoms with E-state index in [2.05, 4.69) is 20.1 Å². The van der Waals surface area contributed by atoms with Gasteiger partial charge in [-0.15, -0.1) is 0 Å². The number of carbonyl (C=O) groups excluding carboxylic acids is 3. The lowest BCUT2D eigenvalue weighted by molar-refractivity contribution is -0.164. The Morgan fingerprint density at radius 2 is 1.45 bits per heavy atom. The second-order valence-corrected chi connectivity index (χ2v) is 16.0. The van der Waals surface area contributed by atoms with Crippen molar-refractivity contribution in [2.24, 2.45) is 52.3 Å². The lowest BCUT2D eigenvalue weighted by Gasteiger charge is -2.49. The fourth-order valence-corrected chi connectivity index (χ4v) is 11.0. The number of esters is 2. The summed E-state index contributed by atoms with van der Waals surface area (Å²) in [7, 11) is 7.81. The molecule has 2 heterocycles. The van der Waals surface area contributed by atoms with Crippen molar-refractivity contribution in [2.45, 2.75) is 76.1 Å². The quantitative estimate of drug-likeness (QED) is 0.357. The monoisotopic (exact) mass is 612 g/mol. The summed E-state index contributed by atoms with van der Waals surface area (Å²) >= 11 is 0. The lowest BCUT2D eigenvalue weighted by atomic mass is 9.56. The fourth-order valence-electron chi connectivity index (χ4n) is 11.0. The summed E-state index contributed by atoms with van der Waals surface area (Å²) < 4.78 is 12.5. The van der Waals surface area contributed by atoms with Crippen LogP contribution in [0.4, 0.5) is 0 Å². The van der Waals surface area contributed by atoms with Crippen LogP contribution in [-0.4, -0.2) is 103 Å². The maximum Gasteiger partial charge on any atom is 0.310 e. The van der Waals surface area contributed by atoms with E-state index in [0.29, 0.717) is 45.2 Å². The van der Waals surface area contributed by atoms with Crippen LogP contribution >= 0.6 is 0 Å². The van der Waals surface area contributed by atoms with E-state index in [9.17, 15) is 24.6 Å². The molecule has 6 fully saturated rings. The normalized spacial score (nSPS) is 47.1. The van der Waals surface area contributed by atoms with Crippen molar-refractivity contribution in [3.8, 4) is 0 Å². The minimum Gasteiger partial charge on any atom is -0.461 e. The van der Waals surface area contributed by atoms with Gasteiger partial charge in [0.2, 0.25) is 0 Å². The van der Waals surface area contributed by atoms with Crippen molar-refractivity contribution >= 4 is 17.7 Å². The van der Waals surface area contributed by atoms with Crippen molar-refractivity contribution in [1.29, 1.82) is 0 Å². The third kappa shape index (κ3) is 4.66. The first-order chi connectivity index (χ1) is 20.7. The Balaban J connectivity index is 1.46. The van der Waals surface area contributed by atoms with Gasteiger partial charge >= 0.3 is 11.9 Å². The molecule has 0 aromatic rings. The van der Waals surface area contributed by atoms with E-state index in [4.69, 9.17) is 9.47 Å². The molecule has 9 heteroatoms. The van der Waals surface area contributed by atoms with Crippen LogP contribution in [-0.2, 0) is 23.9 Å². The Morgan fingerprint density at radius 1 is 0.886 bits per heavy atom. The van der Waals surface area contributed by atoms with Gasteiger partial charge in [0, 0.05) is 48.6 Å². The Morgan fingerprint density at radius 3 is 2.05 bits per heavy atom. The average molecular weight is 613 g/mol. The van der Waals surface area contributed by atoms with Crippen LogP contribution in [0.1, 0.15) is 58.3 Å². The standard InChI is InChI=1S/C35H52N2O7/c1-19-8-10-21-24(15-36(4)5)31(40)43-28(21)27-23(19)14-26(39)34(27)12-13-35(42,18-38)30-29-22(11-9-20(2)33(30,3)17-34)25(16-37(6)7)32(41)44-29/h21-25,27-30,38,42H,1-2,8-18H2,3-7H3/t21-,22-,23-,24?,25?,27-,28-,29-,30+,33-,34+,35+/m0/s1. The minimum absolute atomic E-state index is 0.0210. The molecule has 0 aromatic carbocycles. The second kappa shape index (κ2) is 11.0. The van der Waals surface area contributed by atoms with Gasteiger partial charge in [-0.25, -0.2) is 0 Å². The van der Waals surface area contributed by atoms with E-state index in [1.165, 1.54) is 0 Å². The number of fused-ring (bicyclic) bond motifs is 7. The summed E-state index contributed by atoms with van der Waals surface area (Å²) in [5, 5.41) is 23.4. The number of aliphatic hydroxyl groups is 2. The van der Waals surface area contributed by atoms with Gasteiger partial charge < -0.3 is 29.5 Å². The molecule has 4 saturated carbocycles. The number of aliphatic hydroxyl groups excluding tert-OH is 1. The number of allylic oxidation sites excluding steroid dienone is 2. The van der Waals surface area contributed by atoms with Crippen molar-refractivity contribution < 1.29 is 34.1 Å². The van der Waals surface area contributed by atoms with Crippen LogP contribution in [0.15, 0.2) is 24.3 Å². The zero-order valence-electron chi connectivity index (χ0n) is 27.2. The largest absolute Gasteiger partial charge is 0.461 e. The van der Waals surface area contributed by atoms with Crippen LogP contribution in [0, 0.1) is 52.3 Å². The molecule has 0 bridgehead atoms. The summed E-state index contributed by atoms with van der Waals surface area (Å²) in [4.78, 5) is 45.3. The molecule has 0 radical (unpaired) electrons. The molecule has 12 atom stereocenters. The van der Waals surface area contributed by atoms with Crippen molar-refractivity contribution in [2.75, 3.05) is 47.9 Å². The van der Waals surface area contributed by atoms with E-state index in [1.807, 2.05) is 38.0 Å². The molecule has 2 aliphatic heterocycles. The fraction of sp³-hybridized carbons (Fsp3) is 0.800. The molecule has 0 aromatic heterocycles. The Kier molecular flexibility index (Phi) is 7.99. The van der Waals surface area contributed by atoms with Gasteiger partial charge in [-0.05, 0) is 84.5 Å². The molecule has 4 aliphatic carbocycles. The van der Waals surface area contributed by atoms with E-state index >= 15 is 0 Å². The first-order valence-corrected chi connectivity index (χ1v) is 16.6.